The van der Waals surface area contributed by atoms with E-state index < -0.39 is 0 Å². The van der Waals surface area contributed by atoms with Crippen LogP contribution in [0.5, 0.6) is 0 Å². The second kappa shape index (κ2) is 17.8. The summed E-state index contributed by atoms with van der Waals surface area (Å²) in [5, 5.41) is 11.0. The van der Waals surface area contributed by atoms with Crippen LogP contribution in [-0.4, -0.2) is 0 Å². The van der Waals surface area contributed by atoms with E-state index in [0.29, 0.717) is 0 Å². The van der Waals surface area contributed by atoms with Gasteiger partial charge in [0.2, 0.25) is 0 Å². The molecule has 0 atom stereocenters. The molecular weight excluding hydrogens is 723 g/mol. The molecule has 0 radical (unpaired) electrons. The minimum Gasteiger partial charge on any atom is -0.362 e. The van der Waals surface area contributed by atoms with Crippen molar-refractivity contribution >= 4 is 55.7 Å². The molecule has 0 aliphatic rings. The first kappa shape index (κ1) is 37.8. The Hall–Kier alpha value is -7.74. The van der Waals surface area contributed by atoms with Crippen molar-refractivity contribution in [2.45, 2.75) is 6.92 Å². The summed E-state index contributed by atoms with van der Waals surface area (Å²) in [4.78, 5) is 0. The van der Waals surface area contributed by atoms with Gasteiger partial charge in [-0.25, -0.2) is 0 Å². The van der Waals surface area contributed by atoms with Crippen LogP contribution in [0.25, 0.3) is 83.4 Å². The van der Waals surface area contributed by atoms with E-state index in [2.05, 4.69) is 242 Å². The first-order valence-electron chi connectivity index (χ1n) is 20.6. The zero-order chi connectivity index (χ0) is 40.5. The van der Waals surface area contributed by atoms with Crippen molar-refractivity contribution in [2.24, 2.45) is 0 Å². The maximum absolute atomic E-state index is 3.46. The van der Waals surface area contributed by atoms with Crippen molar-refractivity contribution in [1.82, 2.24) is 0 Å². The molecule has 0 heterocycles. The minimum atomic E-state index is 1.04. The van der Waals surface area contributed by atoms with E-state index in [1.54, 1.807) is 0 Å². The van der Waals surface area contributed by atoms with Crippen LogP contribution in [0.15, 0.2) is 237 Å². The Bertz CT molecular complexity index is 3070. The van der Waals surface area contributed by atoms with Gasteiger partial charge in [0.1, 0.15) is 0 Å². The van der Waals surface area contributed by atoms with Crippen LogP contribution in [0.4, 0.5) is 5.69 Å². The largest absolute Gasteiger partial charge is 0.362 e. The fourth-order valence-corrected chi connectivity index (χ4v) is 7.96. The number of fused-ring (bicyclic) bond motifs is 4. The summed E-state index contributed by atoms with van der Waals surface area (Å²) >= 11 is 0. The Morgan fingerprint density at radius 2 is 1.10 bits per heavy atom. The SMILES string of the molecule is C/C=C\C=C/c1cc2cccc(-c3ccc(C(/C=C\c4ccc(-c5ccc6ccccc6c5)cc4)=C/C=C/Nc4ccc(-c5ccccc5)cc4)cc3)c2c2ccccc12. The number of allylic oxidation sites excluding steroid dienone is 7. The van der Waals surface area contributed by atoms with Crippen LogP contribution in [-0.2, 0) is 0 Å². The molecule has 0 bridgehead atoms. The molecule has 0 spiro atoms. The molecule has 9 aromatic rings. The molecule has 286 valence electrons. The van der Waals surface area contributed by atoms with Gasteiger partial charge in [0, 0.05) is 11.9 Å². The topological polar surface area (TPSA) is 12.0 Å². The first-order chi connectivity index (χ1) is 29.7. The molecule has 0 aliphatic heterocycles. The third-order valence-electron chi connectivity index (χ3n) is 11.1. The van der Waals surface area contributed by atoms with Crippen LogP contribution in [0.1, 0.15) is 23.6 Å². The smallest absolute Gasteiger partial charge is 0.0380 e. The normalized spacial score (nSPS) is 12.2. The molecule has 0 saturated heterocycles. The summed E-state index contributed by atoms with van der Waals surface area (Å²) in [6.45, 7) is 2.04. The summed E-state index contributed by atoms with van der Waals surface area (Å²) in [7, 11) is 0. The zero-order valence-electron chi connectivity index (χ0n) is 33.7. The van der Waals surface area contributed by atoms with Crippen LogP contribution in [0, 0.1) is 0 Å². The van der Waals surface area contributed by atoms with E-state index in [0.717, 1.165) is 22.4 Å². The fraction of sp³-hybridized carbons (Fsp3) is 0.0169. The van der Waals surface area contributed by atoms with Gasteiger partial charge < -0.3 is 5.32 Å². The highest BCUT2D eigenvalue weighted by molar-refractivity contribution is 6.16. The van der Waals surface area contributed by atoms with Crippen molar-refractivity contribution in [1.29, 1.82) is 0 Å². The predicted molar refractivity (Wildman–Crippen MR) is 262 cm³/mol. The van der Waals surface area contributed by atoms with E-state index in [1.807, 2.05) is 19.2 Å². The lowest BCUT2D eigenvalue weighted by molar-refractivity contribution is 1.56. The van der Waals surface area contributed by atoms with E-state index in [1.165, 1.54) is 71.3 Å². The van der Waals surface area contributed by atoms with Crippen molar-refractivity contribution in [3.63, 3.8) is 0 Å². The number of anilines is 1. The highest BCUT2D eigenvalue weighted by Crippen LogP contribution is 2.37. The van der Waals surface area contributed by atoms with Crippen LogP contribution >= 0.6 is 0 Å². The number of rotatable bonds is 11. The molecule has 60 heavy (non-hydrogen) atoms. The molecule has 0 aliphatic carbocycles. The average molecular weight is 768 g/mol. The van der Waals surface area contributed by atoms with Gasteiger partial charge >= 0.3 is 0 Å². The van der Waals surface area contributed by atoms with Gasteiger partial charge in [0.25, 0.3) is 0 Å². The predicted octanol–water partition coefficient (Wildman–Crippen LogP) is 16.5. The lowest BCUT2D eigenvalue weighted by atomic mass is 9.90. The molecule has 0 unspecified atom stereocenters. The van der Waals surface area contributed by atoms with Gasteiger partial charge in [-0.3, -0.25) is 0 Å². The van der Waals surface area contributed by atoms with Gasteiger partial charge in [0.05, 0.1) is 0 Å². The molecule has 0 amide bonds. The van der Waals surface area contributed by atoms with Crippen molar-refractivity contribution in [3.05, 3.63) is 253 Å². The number of hydrogen-bond acceptors (Lipinski definition) is 1. The van der Waals surface area contributed by atoms with Crippen LogP contribution in [0.3, 0.4) is 0 Å². The Kier molecular flexibility index (Phi) is 11.2. The Balaban J connectivity index is 1.02. The summed E-state index contributed by atoms with van der Waals surface area (Å²) in [6.07, 6.45) is 19.1. The summed E-state index contributed by atoms with van der Waals surface area (Å²) in [5.74, 6) is 0. The fourth-order valence-electron chi connectivity index (χ4n) is 7.96. The highest BCUT2D eigenvalue weighted by atomic mass is 14.8. The maximum Gasteiger partial charge on any atom is 0.0380 e. The van der Waals surface area contributed by atoms with Gasteiger partial charge in [-0.15, -0.1) is 0 Å². The number of hydrogen-bond donors (Lipinski definition) is 1. The van der Waals surface area contributed by atoms with Gasteiger partial charge in [-0.05, 0) is 125 Å². The lowest BCUT2D eigenvalue weighted by Crippen LogP contribution is -1.88. The van der Waals surface area contributed by atoms with E-state index >= 15 is 0 Å². The molecule has 1 nitrogen and oxygen atoms in total. The standard InChI is InChI=1S/C59H45N/c1-2-3-5-18-53-42-54-19-12-23-57(59(54)58-22-11-10-21-56(53)58)50-33-30-47(31-34-50)45(20-13-40-60-55-38-36-48(37-39-55)44-14-6-4-7-15-44)27-24-43-25-28-49(29-26-43)52-35-32-46-16-8-9-17-51(46)41-52/h2-42,60H,1H3/b3-2-,18-5-,27-24-,40-13+,45-20+. The van der Waals surface area contributed by atoms with Gasteiger partial charge in [-0.1, -0.05) is 212 Å². The molecule has 0 aromatic heterocycles. The molecular formula is C59H45N. The maximum atomic E-state index is 3.46. The number of benzene rings is 9. The zero-order valence-corrected chi connectivity index (χ0v) is 33.7. The quantitative estimate of drug-likeness (QED) is 0.102. The van der Waals surface area contributed by atoms with Crippen LogP contribution in [0.2, 0.25) is 0 Å². The summed E-state index contributed by atoms with van der Waals surface area (Å²) in [5.41, 5.74) is 12.9. The summed E-state index contributed by atoms with van der Waals surface area (Å²) < 4.78 is 0. The third-order valence-corrected chi connectivity index (χ3v) is 11.1. The molecule has 9 rings (SSSR count). The molecule has 1 N–H and O–H groups in total. The Morgan fingerprint density at radius 1 is 0.450 bits per heavy atom. The van der Waals surface area contributed by atoms with Gasteiger partial charge in [-0.2, -0.15) is 0 Å². The Labute approximate surface area is 353 Å². The number of nitrogens with one attached hydrogen (secondary N) is 1. The highest BCUT2D eigenvalue weighted by Gasteiger charge is 2.11. The monoisotopic (exact) mass is 767 g/mol. The first-order valence-corrected chi connectivity index (χ1v) is 20.6. The molecule has 0 saturated carbocycles. The second-order valence-electron chi connectivity index (χ2n) is 15.0. The van der Waals surface area contributed by atoms with E-state index in [-0.39, 0.29) is 0 Å². The van der Waals surface area contributed by atoms with E-state index in [9.17, 15) is 0 Å². The second-order valence-corrected chi connectivity index (χ2v) is 15.0. The molecule has 0 fully saturated rings. The average Bonchev–Trinajstić information content (AvgIpc) is 3.32. The van der Waals surface area contributed by atoms with Crippen molar-refractivity contribution in [3.8, 4) is 33.4 Å². The van der Waals surface area contributed by atoms with E-state index in [4.69, 9.17) is 0 Å². The van der Waals surface area contributed by atoms with Crippen molar-refractivity contribution in [2.75, 3.05) is 5.32 Å². The molecule has 1 heteroatoms. The lowest BCUT2D eigenvalue weighted by Gasteiger charge is -2.13. The summed E-state index contributed by atoms with van der Waals surface area (Å²) in [6, 6.07) is 69.8. The van der Waals surface area contributed by atoms with Crippen LogP contribution < -0.4 is 5.32 Å². The Morgan fingerprint density at radius 3 is 1.90 bits per heavy atom. The van der Waals surface area contributed by atoms with Gasteiger partial charge in [0.15, 0.2) is 0 Å². The molecule has 9 aromatic carbocycles. The minimum absolute atomic E-state index is 1.04. The third kappa shape index (κ3) is 8.43. The van der Waals surface area contributed by atoms with Crippen molar-refractivity contribution < 1.29 is 0 Å².